The van der Waals surface area contributed by atoms with Gasteiger partial charge in [-0.15, -0.1) is 0 Å². The molecule has 3 rings (SSSR count). The van der Waals surface area contributed by atoms with Crippen LogP contribution < -0.4 is 10.6 Å². The van der Waals surface area contributed by atoms with E-state index in [0.29, 0.717) is 6.10 Å². The van der Waals surface area contributed by atoms with Crippen LogP contribution in [-0.4, -0.2) is 48.2 Å². The third kappa shape index (κ3) is 5.47. The molecule has 0 spiro atoms. The first kappa shape index (κ1) is 20.6. The standard InChI is InChI=1S/C22H35N5O/c1-4-28-20(18-9-5-6-10-18)12-14-25-22(23-3)24-13-11-19-16-27-15-7-8-17(2)21(27)26-19/h7-8,15-16,18,20H,4-6,9-14H2,1-3H3,(H2,23,24,25). The largest absolute Gasteiger partial charge is 0.378 e. The highest BCUT2D eigenvalue weighted by atomic mass is 16.5. The third-order valence-corrected chi connectivity index (χ3v) is 5.65. The molecule has 1 aliphatic carbocycles. The number of hydrogen-bond acceptors (Lipinski definition) is 3. The number of hydrogen-bond donors (Lipinski definition) is 2. The van der Waals surface area contributed by atoms with E-state index in [4.69, 9.17) is 9.72 Å². The number of pyridine rings is 1. The Labute approximate surface area is 168 Å². The molecule has 1 saturated carbocycles. The molecule has 0 bridgehead atoms. The lowest BCUT2D eigenvalue weighted by atomic mass is 9.98. The van der Waals surface area contributed by atoms with Crippen molar-refractivity contribution in [2.45, 2.75) is 58.5 Å². The van der Waals surface area contributed by atoms with Crippen LogP contribution in [0.3, 0.4) is 0 Å². The topological polar surface area (TPSA) is 63.0 Å². The molecule has 6 heteroatoms. The Hall–Kier alpha value is -2.08. The Bertz CT molecular complexity index is 763. The zero-order valence-corrected chi connectivity index (χ0v) is 17.6. The van der Waals surface area contributed by atoms with Crippen molar-refractivity contribution in [2.24, 2.45) is 10.9 Å². The lowest BCUT2D eigenvalue weighted by molar-refractivity contribution is 0.0169. The molecule has 2 aromatic rings. The fourth-order valence-electron chi connectivity index (χ4n) is 4.19. The molecule has 6 nitrogen and oxygen atoms in total. The number of fused-ring (bicyclic) bond motifs is 1. The van der Waals surface area contributed by atoms with Crippen LogP contribution in [0.1, 0.15) is 50.3 Å². The highest BCUT2D eigenvalue weighted by Crippen LogP contribution is 2.30. The van der Waals surface area contributed by atoms with Crippen molar-refractivity contribution in [2.75, 3.05) is 26.7 Å². The van der Waals surface area contributed by atoms with Gasteiger partial charge >= 0.3 is 0 Å². The molecule has 2 heterocycles. The Kier molecular flexibility index (Phi) is 7.71. The van der Waals surface area contributed by atoms with Crippen LogP contribution in [0.15, 0.2) is 29.5 Å². The van der Waals surface area contributed by atoms with Gasteiger partial charge in [-0.2, -0.15) is 0 Å². The maximum atomic E-state index is 6.01. The van der Waals surface area contributed by atoms with Gasteiger partial charge < -0.3 is 19.8 Å². The van der Waals surface area contributed by atoms with Gasteiger partial charge in [-0.25, -0.2) is 4.98 Å². The van der Waals surface area contributed by atoms with Gasteiger partial charge in [0.1, 0.15) is 5.65 Å². The zero-order chi connectivity index (χ0) is 19.8. The van der Waals surface area contributed by atoms with Crippen LogP contribution in [0.2, 0.25) is 0 Å². The van der Waals surface area contributed by atoms with Crippen LogP contribution in [0, 0.1) is 12.8 Å². The lowest BCUT2D eigenvalue weighted by Crippen LogP contribution is -2.40. The van der Waals surface area contributed by atoms with Crippen molar-refractivity contribution in [3.8, 4) is 0 Å². The Morgan fingerprint density at radius 2 is 2.11 bits per heavy atom. The van der Waals surface area contributed by atoms with Gasteiger partial charge in [0.2, 0.25) is 0 Å². The summed E-state index contributed by atoms with van der Waals surface area (Å²) in [4.78, 5) is 9.08. The number of guanidine groups is 1. The summed E-state index contributed by atoms with van der Waals surface area (Å²) in [5.41, 5.74) is 3.33. The van der Waals surface area contributed by atoms with Crippen LogP contribution >= 0.6 is 0 Å². The van der Waals surface area contributed by atoms with Gasteiger partial charge in [-0.05, 0) is 50.7 Å². The number of imidazole rings is 1. The number of nitrogens with one attached hydrogen (secondary N) is 2. The summed E-state index contributed by atoms with van der Waals surface area (Å²) in [6.07, 6.45) is 11.8. The van der Waals surface area contributed by atoms with Crippen molar-refractivity contribution < 1.29 is 4.74 Å². The fourth-order valence-corrected chi connectivity index (χ4v) is 4.19. The minimum absolute atomic E-state index is 0.374. The lowest BCUT2D eigenvalue weighted by Gasteiger charge is -2.24. The summed E-state index contributed by atoms with van der Waals surface area (Å²) < 4.78 is 8.10. The van der Waals surface area contributed by atoms with Crippen molar-refractivity contribution in [1.29, 1.82) is 0 Å². The summed E-state index contributed by atoms with van der Waals surface area (Å²) in [5, 5.41) is 6.84. The second-order valence-electron chi connectivity index (χ2n) is 7.66. The van der Waals surface area contributed by atoms with Gasteiger partial charge in [0.15, 0.2) is 5.96 Å². The Balaban J connectivity index is 1.42. The quantitative estimate of drug-likeness (QED) is 0.513. The number of ether oxygens (including phenoxy) is 1. The van der Waals surface area contributed by atoms with E-state index in [2.05, 4.69) is 52.2 Å². The predicted molar refractivity (Wildman–Crippen MR) is 115 cm³/mol. The van der Waals surface area contributed by atoms with E-state index in [1.54, 1.807) is 0 Å². The number of nitrogens with zero attached hydrogens (tertiary/aromatic N) is 3. The molecule has 0 aromatic carbocycles. The molecule has 1 atom stereocenters. The predicted octanol–water partition coefficient (Wildman–Crippen LogP) is 3.34. The second-order valence-corrected chi connectivity index (χ2v) is 7.66. The van der Waals surface area contributed by atoms with Crippen LogP contribution in [0.25, 0.3) is 5.65 Å². The molecule has 1 fully saturated rings. The van der Waals surface area contributed by atoms with E-state index in [1.807, 2.05) is 13.2 Å². The SMILES string of the molecule is CCOC(CCNC(=NC)NCCc1cn2cccc(C)c2n1)C1CCCC1. The van der Waals surface area contributed by atoms with E-state index >= 15 is 0 Å². The van der Waals surface area contributed by atoms with E-state index in [1.165, 1.54) is 31.2 Å². The first-order chi connectivity index (χ1) is 13.7. The fraction of sp³-hybridized carbons (Fsp3) is 0.636. The molecule has 1 unspecified atom stereocenters. The van der Waals surface area contributed by atoms with Crippen LogP contribution in [0.5, 0.6) is 0 Å². The maximum Gasteiger partial charge on any atom is 0.190 e. The summed E-state index contributed by atoms with van der Waals surface area (Å²) in [6, 6.07) is 4.15. The summed E-state index contributed by atoms with van der Waals surface area (Å²) in [7, 11) is 1.82. The molecule has 0 saturated heterocycles. The van der Waals surface area contributed by atoms with Crippen molar-refractivity contribution in [1.82, 2.24) is 20.0 Å². The monoisotopic (exact) mass is 385 g/mol. The highest BCUT2D eigenvalue weighted by molar-refractivity contribution is 5.79. The number of aryl methyl sites for hydroxylation is 1. The van der Waals surface area contributed by atoms with Gasteiger partial charge in [0, 0.05) is 45.6 Å². The first-order valence-electron chi connectivity index (χ1n) is 10.7. The molecule has 28 heavy (non-hydrogen) atoms. The summed E-state index contributed by atoms with van der Waals surface area (Å²) in [5.74, 6) is 1.58. The molecular weight excluding hydrogens is 350 g/mol. The van der Waals surface area contributed by atoms with E-state index in [-0.39, 0.29) is 0 Å². The molecule has 0 aliphatic heterocycles. The van der Waals surface area contributed by atoms with E-state index < -0.39 is 0 Å². The minimum Gasteiger partial charge on any atom is -0.378 e. The number of aromatic nitrogens is 2. The Morgan fingerprint density at radius 3 is 2.82 bits per heavy atom. The van der Waals surface area contributed by atoms with Crippen molar-refractivity contribution >= 4 is 11.6 Å². The molecule has 2 N–H and O–H groups in total. The molecule has 154 valence electrons. The van der Waals surface area contributed by atoms with Crippen molar-refractivity contribution in [3.05, 3.63) is 35.8 Å². The minimum atomic E-state index is 0.374. The van der Waals surface area contributed by atoms with E-state index in [0.717, 1.165) is 55.8 Å². The van der Waals surface area contributed by atoms with Gasteiger partial charge in [-0.3, -0.25) is 4.99 Å². The number of aliphatic imine (C=N–C) groups is 1. The average Bonchev–Trinajstić information content (AvgIpc) is 3.36. The summed E-state index contributed by atoms with van der Waals surface area (Å²) >= 11 is 0. The molecule has 0 amide bonds. The first-order valence-corrected chi connectivity index (χ1v) is 10.7. The maximum absolute atomic E-state index is 6.01. The van der Waals surface area contributed by atoms with Gasteiger partial charge in [-0.1, -0.05) is 18.9 Å². The van der Waals surface area contributed by atoms with Crippen LogP contribution in [0.4, 0.5) is 0 Å². The van der Waals surface area contributed by atoms with Crippen LogP contribution in [-0.2, 0) is 11.2 Å². The van der Waals surface area contributed by atoms with Crippen molar-refractivity contribution in [3.63, 3.8) is 0 Å². The molecule has 0 radical (unpaired) electrons. The summed E-state index contributed by atoms with van der Waals surface area (Å²) in [6.45, 7) is 6.68. The number of rotatable bonds is 9. The third-order valence-electron chi connectivity index (χ3n) is 5.65. The second kappa shape index (κ2) is 10.5. The van der Waals surface area contributed by atoms with Gasteiger partial charge in [0.05, 0.1) is 11.8 Å². The highest BCUT2D eigenvalue weighted by Gasteiger charge is 2.25. The van der Waals surface area contributed by atoms with Gasteiger partial charge in [0.25, 0.3) is 0 Å². The smallest absolute Gasteiger partial charge is 0.190 e. The molecule has 2 aromatic heterocycles. The molecule has 1 aliphatic rings. The van der Waals surface area contributed by atoms with E-state index in [9.17, 15) is 0 Å². The zero-order valence-electron chi connectivity index (χ0n) is 17.6. The molecular formula is C22H35N5O. The average molecular weight is 386 g/mol. The Morgan fingerprint density at radius 1 is 1.32 bits per heavy atom. The normalized spacial score (nSPS) is 16.6.